The van der Waals surface area contributed by atoms with Gasteiger partial charge in [0.1, 0.15) is 16.3 Å². The molecule has 0 aliphatic heterocycles. The van der Waals surface area contributed by atoms with E-state index in [1.165, 1.54) is 4.57 Å². The van der Waals surface area contributed by atoms with E-state index < -0.39 is 5.78 Å². The first-order valence-corrected chi connectivity index (χ1v) is 11.8. The van der Waals surface area contributed by atoms with E-state index in [0.29, 0.717) is 32.2 Å². The summed E-state index contributed by atoms with van der Waals surface area (Å²) in [6, 6.07) is 21.6. The number of halogens is 1. The summed E-state index contributed by atoms with van der Waals surface area (Å²) in [4.78, 5) is 34.8. The number of aromatic amines is 1. The number of aromatic nitrogens is 3. The fourth-order valence-electron chi connectivity index (χ4n) is 3.96. The van der Waals surface area contributed by atoms with E-state index in [2.05, 4.69) is 16.0 Å². The predicted octanol–water partition coefficient (Wildman–Crippen LogP) is 4.12. The molecule has 0 amide bonds. The number of ketones is 1. The van der Waals surface area contributed by atoms with E-state index in [1.807, 2.05) is 30.3 Å². The molecule has 0 aliphatic carbocycles. The molecule has 6 nitrogen and oxygen atoms in total. The maximum Gasteiger partial charge on any atom is 0.273 e. The third kappa shape index (κ3) is 4.10. The number of nitriles is 1. The van der Waals surface area contributed by atoms with Gasteiger partial charge >= 0.3 is 0 Å². The normalized spacial score (nSPS) is 12.5. The molecule has 0 fully saturated rings. The summed E-state index contributed by atoms with van der Waals surface area (Å²) in [6.07, 6.45) is 3.29. The van der Waals surface area contributed by atoms with Crippen molar-refractivity contribution in [2.75, 3.05) is 0 Å². The van der Waals surface area contributed by atoms with Crippen LogP contribution in [0.15, 0.2) is 77.7 Å². The molecule has 1 N–H and O–H groups in total. The second kappa shape index (κ2) is 9.18. The highest BCUT2D eigenvalue weighted by atomic mass is 35.5. The van der Waals surface area contributed by atoms with Crippen molar-refractivity contribution in [3.63, 3.8) is 0 Å². The van der Waals surface area contributed by atoms with Crippen molar-refractivity contribution in [2.24, 2.45) is 0 Å². The number of hydrogen-bond donors (Lipinski definition) is 1. The van der Waals surface area contributed by atoms with Crippen molar-refractivity contribution < 1.29 is 4.79 Å². The van der Waals surface area contributed by atoms with E-state index in [1.54, 1.807) is 55.6 Å². The van der Waals surface area contributed by atoms with Crippen LogP contribution in [-0.2, 0) is 0 Å². The van der Waals surface area contributed by atoms with Gasteiger partial charge in [0.25, 0.3) is 5.56 Å². The number of para-hydroxylation sites is 1. The molecule has 0 aliphatic rings. The molecule has 0 radical (unpaired) electrons. The number of pyridine rings is 1. The SMILES string of the molecule is Cc1[nH]c2ccccc2c1C(=O)/C(C#N)=c1\s/c(=C/c2ccccn2)c(=O)n1-c1ccc(Cl)cc1. The second-order valence-corrected chi connectivity index (χ2v) is 9.24. The first kappa shape index (κ1) is 22.5. The van der Waals surface area contributed by atoms with Gasteiger partial charge in [0.15, 0.2) is 0 Å². The van der Waals surface area contributed by atoms with Crippen molar-refractivity contribution in [1.29, 1.82) is 5.26 Å². The number of Topliss-reactive ketones (excluding diaryl/α,β-unsaturated/α-hetero) is 1. The molecular formula is C27H17ClN4O2S. The Labute approximate surface area is 208 Å². The Morgan fingerprint density at radius 3 is 2.57 bits per heavy atom. The Morgan fingerprint density at radius 1 is 1.11 bits per heavy atom. The number of aryl methyl sites for hydroxylation is 1. The first-order chi connectivity index (χ1) is 17.0. The lowest BCUT2D eigenvalue weighted by molar-refractivity contribution is 0.105. The topological polar surface area (TPSA) is 91.5 Å². The average molecular weight is 497 g/mol. The van der Waals surface area contributed by atoms with Gasteiger partial charge in [-0.15, -0.1) is 11.3 Å². The van der Waals surface area contributed by atoms with Gasteiger partial charge in [-0.05, 0) is 55.5 Å². The number of H-pyrrole nitrogens is 1. The summed E-state index contributed by atoms with van der Waals surface area (Å²) in [5, 5.41) is 11.4. The third-order valence-electron chi connectivity index (χ3n) is 5.55. The fraction of sp³-hybridized carbons (Fsp3) is 0.0370. The first-order valence-electron chi connectivity index (χ1n) is 10.6. The van der Waals surface area contributed by atoms with Crippen molar-refractivity contribution >= 4 is 51.3 Å². The highest BCUT2D eigenvalue weighted by Gasteiger charge is 2.23. The molecule has 170 valence electrons. The lowest BCUT2D eigenvalue weighted by Crippen LogP contribution is -2.31. The van der Waals surface area contributed by atoms with Gasteiger partial charge in [0.2, 0.25) is 5.78 Å². The second-order valence-electron chi connectivity index (χ2n) is 7.77. The number of carbonyl (C=O) groups excluding carboxylic acids is 1. The highest BCUT2D eigenvalue weighted by Crippen LogP contribution is 2.24. The van der Waals surface area contributed by atoms with Crippen molar-refractivity contribution in [3.8, 4) is 11.8 Å². The minimum absolute atomic E-state index is 0.115. The summed E-state index contributed by atoms with van der Waals surface area (Å²) < 4.78 is 1.98. The van der Waals surface area contributed by atoms with E-state index in [-0.39, 0.29) is 15.8 Å². The number of nitrogens with one attached hydrogen (secondary N) is 1. The van der Waals surface area contributed by atoms with Crippen LogP contribution in [0.4, 0.5) is 0 Å². The van der Waals surface area contributed by atoms with E-state index in [9.17, 15) is 14.9 Å². The van der Waals surface area contributed by atoms with Crippen LogP contribution in [0.1, 0.15) is 21.7 Å². The van der Waals surface area contributed by atoms with Crippen LogP contribution in [0.5, 0.6) is 0 Å². The van der Waals surface area contributed by atoms with Crippen LogP contribution < -0.4 is 14.8 Å². The van der Waals surface area contributed by atoms with Crippen molar-refractivity contribution in [3.05, 3.63) is 114 Å². The zero-order valence-corrected chi connectivity index (χ0v) is 20.0. The minimum atomic E-state index is -0.448. The molecule has 3 aromatic heterocycles. The molecule has 0 saturated heterocycles. The van der Waals surface area contributed by atoms with Gasteiger partial charge in [0.05, 0.1) is 21.5 Å². The number of nitrogens with zero attached hydrogens (tertiary/aromatic N) is 3. The van der Waals surface area contributed by atoms with Crippen molar-refractivity contribution in [1.82, 2.24) is 14.5 Å². The van der Waals surface area contributed by atoms with Crippen LogP contribution in [0.3, 0.4) is 0 Å². The Hall–Kier alpha value is -4.25. The number of carbonyl (C=O) groups is 1. The highest BCUT2D eigenvalue weighted by molar-refractivity contribution is 7.07. The van der Waals surface area contributed by atoms with Crippen LogP contribution in [-0.4, -0.2) is 20.3 Å². The lowest BCUT2D eigenvalue weighted by atomic mass is 10.0. The Bertz CT molecular complexity index is 1810. The maximum absolute atomic E-state index is 13.8. The van der Waals surface area contributed by atoms with Crippen LogP contribution >= 0.6 is 22.9 Å². The van der Waals surface area contributed by atoms with E-state index >= 15 is 0 Å². The molecule has 0 bridgehead atoms. The molecular weight excluding hydrogens is 480 g/mol. The van der Waals surface area contributed by atoms with Gasteiger partial charge in [-0.3, -0.25) is 19.1 Å². The smallest absolute Gasteiger partial charge is 0.273 e. The fourth-order valence-corrected chi connectivity index (χ4v) is 5.17. The van der Waals surface area contributed by atoms with Crippen LogP contribution in [0, 0.1) is 18.3 Å². The van der Waals surface area contributed by atoms with Gasteiger partial charge in [0, 0.05) is 27.8 Å². The van der Waals surface area contributed by atoms with Gasteiger partial charge < -0.3 is 4.98 Å². The summed E-state index contributed by atoms with van der Waals surface area (Å²) >= 11 is 7.14. The number of benzene rings is 2. The van der Waals surface area contributed by atoms with E-state index in [4.69, 9.17) is 11.6 Å². The summed E-state index contributed by atoms with van der Waals surface area (Å²) in [7, 11) is 0. The molecule has 0 atom stereocenters. The van der Waals surface area contributed by atoms with Gasteiger partial charge in [-0.25, -0.2) is 0 Å². The molecule has 8 heteroatoms. The Morgan fingerprint density at radius 2 is 1.86 bits per heavy atom. The average Bonchev–Trinajstić information content (AvgIpc) is 3.36. The minimum Gasteiger partial charge on any atom is -0.358 e. The third-order valence-corrected chi connectivity index (χ3v) is 6.89. The summed E-state index contributed by atoms with van der Waals surface area (Å²) in [5.41, 5.74) is 2.50. The van der Waals surface area contributed by atoms with Crippen LogP contribution in [0.25, 0.3) is 28.2 Å². The Balaban J connectivity index is 1.85. The number of hydrogen-bond acceptors (Lipinski definition) is 5. The zero-order chi connectivity index (χ0) is 24.5. The van der Waals surface area contributed by atoms with Gasteiger partial charge in [-0.2, -0.15) is 5.26 Å². The van der Waals surface area contributed by atoms with Crippen LogP contribution in [0.2, 0.25) is 5.02 Å². The maximum atomic E-state index is 13.8. The molecule has 0 spiro atoms. The quantitative estimate of drug-likeness (QED) is 0.379. The molecule has 0 unspecified atom stereocenters. The molecule has 2 aromatic carbocycles. The summed E-state index contributed by atoms with van der Waals surface area (Å²) in [6.45, 7) is 1.79. The molecule has 5 aromatic rings. The predicted molar refractivity (Wildman–Crippen MR) is 138 cm³/mol. The van der Waals surface area contributed by atoms with Crippen molar-refractivity contribution in [2.45, 2.75) is 6.92 Å². The zero-order valence-electron chi connectivity index (χ0n) is 18.4. The number of fused-ring (bicyclic) bond motifs is 1. The standard InChI is InChI=1S/C27H17ClN4O2S/c1-16-24(20-7-2-3-8-22(20)31-16)25(33)21(15-29)27-32(19-11-9-17(28)10-12-19)26(34)23(35-27)14-18-6-4-5-13-30-18/h2-14,31H,1H3/b23-14+,27-21-. The van der Waals surface area contributed by atoms with Gasteiger partial charge in [-0.1, -0.05) is 35.9 Å². The molecule has 35 heavy (non-hydrogen) atoms. The summed E-state index contributed by atoms with van der Waals surface area (Å²) in [5.74, 6) is -0.448. The Kier molecular flexibility index (Phi) is 5.91. The number of thiazole rings is 1. The molecule has 3 heterocycles. The molecule has 5 rings (SSSR count). The number of rotatable bonds is 4. The largest absolute Gasteiger partial charge is 0.358 e. The molecule has 0 saturated carbocycles. The monoisotopic (exact) mass is 496 g/mol. The van der Waals surface area contributed by atoms with E-state index in [0.717, 1.165) is 22.2 Å². The lowest BCUT2D eigenvalue weighted by Gasteiger charge is -2.04.